The van der Waals surface area contributed by atoms with E-state index in [9.17, 15) is 26.3 Å². The molecule has 0 radical (unpaired) electrons. The van der Waals surface area contributed by atoms with Crippen LogP contribution in [-0.4, -0.2) is 6.54 Å². The molecule has 0 aromatic heterocycles. The molecule has 1 aromatic carbocycles. The van der Waals surface area contributed by atoms with Crippen molar-refractivity contribution in [2.45, 2.75) is 37.7 Å². The molecule has 0 aliphatic heterocycles. The smallest absolute Gasteiger partial charge is 0.330 e. The van der Waals surface area contributed by atoms with E-state index in [-0.39, 0.29) is 6.42 Å². The van der Waals surface area contributed by atoms with Crippen LogP contribution in [0.5, 0.6) is 0 Å². The van der Waals surface area contributed by atoms with E-state index in [2.05, 4.69) is 0 Å². The summed E-state index contributed by atoms with van der Waals surface area (Å²) in [6, 6.07) is 0.214. The van der Waals surface area contributed by atoms with Crippen molar-refractivity contribution in [2.75, 3.05) is 6.54 Å². The lowest BCUT2D eigenvalue weighted by Gasteiger charge is -2.20. The molecule has 0 heterocycles. The van der Waals surface area contributed by atoms with E-state index in [4.69, 9.17) is 11.5 Å². The minimum atomic E-state index is -4.75. The van der Waals surface area contributed by atoms with Crippen LogP contribution in [0.15, 0.2) is 18.2 Å². The second kappa shape index (κ2) is 6.65. The van der Waals surface area contributed by atoms with Gasteiger partial charge in [-0.2, -0.15) is 26.3 Å². The lowest BCUT2D eigenvalue weighted by Crippen LogP contribution is -2.19. The summed E-state index contributed by atoms with van der Waals surface area (Å²) in [5.41, 5.74) is 8.10. The molecule has 0 aliphatic carbocycles. The van der Waals surface area contributed by atoms with Crippen molar-refractivity contribution in [1.82, 2.24) is 0 Å². The van der Waals surface area contributed by atoms with E-state index in [0.717, 1.165) is 0 Å². The molecule has 1 aromatic rings. The molecule has 21 heavy (non-hydrogen) atoms. The van der Waals surface area contributed by atoms with Crippen molar-refractivity contribution in [3.05, 3.63) is 34.9 Å². The minimum Gasteiger partial charge on any atom is -0.330 e. The van der Waals surface area contributed by atoms with Crippen LogP contribution in [0.25, 0.3) is 0 Å². The maximum atomic E-state index is 12.9. The molecule has 1 atom stereocenters. The standard InChI is InChI=1S/C13H16F6N2/c14-12(15,16)8-4-5-10(13(17,18)19)9(7-8)11(21)3-1-2-6-20/h4-5,7,11H,1-3,6,20-21H2/t11-/m0/s1. The molecular formula is C13H16F6N2. The number of alkyl halides is 6. The molecule has 0 spiro atoms. The summed E-state index contributed by atoms with van der Waals surface area (Å²) in [5, 5.41) is 0. The number of rotatable bonds is 5. The van der Waals surface area contributed by atoms with Gasteiger partial charge in [0.1, 0.15) is 0 Å². The van der Waals surface area contributed by atoms with Crippen molar-refractivity contribution in [3.63, 3.8) is 0 Å². The SMILES string of the molecule is NCCCC[C@H](N)c1cc(C(F)(F)F)ccc1C(F)(F)F. The molecule has 2 nitrogen and oxygen atoms in total. The first-order valence-corrected chi connectivity index (χ1v) is 6.31. The van der Waals surface area contributed by atoms with E-state index in [0.29, 0.717) is 37.6 Å². The van der Waals surface area contributed by atoms with Crippen LogP contribution >= 0.6 is 0 Å². The van der Waals surface area contributed by atoms with Gasteiger partial charge in [0.25, 0.3) is 0 Å². The van der Waals surface area contributed by atoms with Crippen LogP contribution in [-0.2, 0) is 12.4 Å². The van der Waals surface area contributed by atoms with Crippen molar-refractivity contribution in [2.24, 2.45) is 11.5 Å². The molecule has 0 amide bonds. The van der Waals surface area contributed by atoms with Gasteiger partial charge in [-0.25, -0.2) is 0 Å². The third-order valence-electron chi connectivity index (χ3n) is 3.05. The Kier molecular flexibility index (Phi) is 5.63. The summed E-state index contributed by atoms with van der Waals surface area (Å²) in [6.07, 6.45) is -8.32. The minimum absolute atomic E-state index is 0.140. The molecular weight excluding hydrogens is 298 g/mol. The number of hydrogen-bond donors (Lipinski definition) is 2. The predicted molar refractivity (Wildman–Crippen MR) is 66.3 cm³/mol. The highest BCUT2D eigenvalue weighted by atomic mass is 19.4. The quantitative estimate of drug-likeness (QED) is 0.640. The van der Waals surface area contributed by atoms with Gasteiger partial charge in [-0.1, -0.05) is 6.42 Å². The third-order valence-corrected chi connectivity index (χ3v) is 3.05. The van der Waals surface area contributed by atoms with E-state index in [1.165, 1.54) is 0 Å². The summed E-state index contributed by atoms with van der Waals surface area (Å²) in [5.74, 6) is 0. The fourth-order valence-corrected chi connectivity index (χ4v) is 1.97. The molecule has 0 saturated heterocycles. The monoisotopic (exact) mass is 314 g/mol. The van der Waals surface area contributed by atoms with Gasteiger partial charge in [0.15, 0.2) is 0 Å². The van der Waals surface area contributed by atoms with Gasteiger partial charge in [-0.15, -0.1) is 0 Å². The first kappa shape index (κ1) is 17.8. The number of unbranched alkanes of at least 4 members (excludes halogenated alkanes) is 1. The Hall–Kier alpha value is -1.28. The van der Waals surface area contributed by atoms with Crippen LogP contribution in [0.2, 0.25) is 0 Å². The normalized spacial score (nSPS) is 14.3. The number of benzene rings is 1. The summed E-state index contributed by atoms with van der Waals surface area (Å²) >= 11 is 0. The Bertz CT molecular complexity index is 467. The number of nitrogens with two attached hydrogens (primary N) is 2. The molecule has 1 rings (SSSR count). The summed E-state index contributed by atoms with van der Waals surface area (Å²) < 4.78 is 76.5. The number of hydrogen-bond acceptors (Lipinski definition) is 2. The fraction of sp³-hybridized carbons (Fsp3) is 0.538. The zero-order chi connectivity index (χ0) is 16.3. The van der Waals surface area contributed by atoms with Crippen LogP contribution < -0.4 is 11.5 Å². The highest BCUT2D eigenvalue weighted by Gasteiger charge is 2.37. The molecule has 120 valence electrons. The Morgan fingerprint density at radius 1 is 0.952 bits per heavy atom. The molecule has 4 N–H and O–H groups in total. The topological polar surface area (TPSA) is 52.0 Å². The Balaban J connectivity index is 3.17. The molecule has 0 fully saturated rings. The summed E-state index contributed by atoms with van der Waals surface area (Å²) in [7, 11) is 0. The van der Waals surface area contributed by atoms with Gasteiger partial charge < -0.3 is 11.5 Å². The molecule has 0 aliphatic rings. The average molecular weight is 314 g/mol. The predicted octanol–water partition coefficient (Wildman–Crippen LogP) is 3.85. The van der Waals surface area contributed by atoms with Crippen LogP contribution in [0.3, 0.4) is 0 Å². The zero-order valence-corrected chi connectivity index (χ0v) is 11.1. The van der Waals surface area contributed by atoms with Gasteiger partial charge >= 0.3 is 12.4 Å². The van der Waals surface area contributed by atoms with Gasteiger partial charge in [0, 0.05) is 6.04 Å². The lowest BCUT2D eigenvalue weighted by molar-refractivity contribution is -0.142. The fourth-order valence-electron chi connectivity index (χ4n) is 1.97. The maximum absolute atomic E-state index is 12.9. The molecule has 0 saturated carbocycles. The van der Waals surface area contributed by atoms with Gasteiger partial charge in [0.05, 0.1) is 11.1 Å². The Labute approximate surface area is 118 Å². The molecule has 0 unspecified atom stereocenters. The average Bonchev–Trinajstić information content (AvgIpc) is 2.36. The summed E-state index contributed by atoms with van der Waals surface area (Å²) in [4.78, 5) is 0. The first-order chi connectivity index (χ1) is 9.57. The van der Waals surface area contributed by atoms with Crippen LogP contribution in [0.4, 0.5) is 26.3 Å². The van der Waals surface area contributed by atoms with E-state index in [1.54, 1.807) is 0 Å². The highest BCUT2D eigenvalue weighted by molar-refractivity contribution is 5.37. The summed E-state index contributed by atoms with van der Waals surface area (Å²) in [6.45, 7) is 0.349. The van der Waals surface area contributed by atoms with E-state index in [1.807, 2.05) is 0 Å². The Morgan fingerprint density at radius 2 is 1.57 bits per heavy atom. The van der Waals surface area contributed by atoms with E-state index >= 15 is 0 Å². The van der Waals surface area contributed by atoms with Crippen LogP contribution in [0, 0.1) is 0 Å². The van der Waals surface area contributed by atoms with Crippen molar-refractivity contribution in [1.29, 1.82) is 0 Å². The zero-order valence-electron chi connectivity index (χ0n) is 11.1. The highest BCUT2D eigenvalue weighted by Crippen LogP contribution is 2.39. The second-order valence-corrected chi connectivity index (χ2v) is 4.69. The van der Waals surface area contributed by atoms with Gasteiger partial charge in [-0.05, 0) is 43.1 Å². The maximum Gasteiger partial charge on any atom is 0.416 e. The first-order valence-electron chi connectivity index (χ1n) is 6.31. The van der Waals surface area contributed by atoms with Crippen molar-refractivity contribution in [3.8, 4) is 0 Å². The van der Waals surface area contributed by atoms with Crippen LogP contribution in [0.1, 0.15) is 42.0 Å². The third kappa shape index (κ3) is 4.89. The number of halogens is 6. The molecule has 0 bridgehead atoms. The molecule has 8 heteroatoms. The van der Waals surface area contributed by atoms with Crippen molar-refractivity contribution >= 4 is 0 Å². The lowest BCUT2D eigenvalue weighted by atomic mass is 9.94. The largest absolute Gasteiger partial charge is 0.416 e. The van der Waals surface area contributed by atoms with Gasteiger partial charge in [-0.3, -0.25) is 0 Å². The Morgan fingerprint density at radius 3 is 2.05 bits per heavy atom. The second-order valence-electron chi connectivity index (χ2n) is 4.69. The van der Waals surface area contributed by atoms with Crippen molar-refractivity contribution < 1.29 is 26.3 Å². The van der Waals surface area contributed by atoms with Gasteiger partial charge in [0.2, 0.25) is 0 Å². The van der Waals surface area contributed by atoms with E-state index < -0.39 is 35.1 Å².